The molecule has 0 aromatic carbocycles. The first-order valence-corrected chi connectivity index (χ1v) is 2.10. The van der Waals surface area contributed by atoms with Crippen molar-refractivity contribution in [2.45, 2.75) is 6.92 Å². The van der Waals surface area contributed by atoms with Gasteiger partial charge >= 0.3 is 0 Å². The summed E-state index contributed by atoms with van der Waals surface area (Å²) in [5.74, 6) is 0. The maximum atomic E-state index is 3.92. The fourth-order valence-corrected chi connectivity index (χ4v) is 0.200. The molecular formula is C4H10N2W2-2. The van der Waals surface area contributed by atoms with Gasteiger partial charge in [0.2, 0.25) is 0 Å². The van der Waals surface area contributed by atoms with Crippen LogP contribution in [-0.2, 0) is 42.1 Å². The van der Waals surface area contributed by atoms with Crippen molar-refractivity contribution in [1.82, 2.24) is 0 Å². The van der Waals surface area contributed by atoms with Gasteiger partial charge in [-0.15, -0.1) is 0 Å². The van der Waals surface area contributed by atoms with Crippen LogP contribution >= 0.6 is 0 Å². The number of hydrogen-bond donors (Lipinski definition) is 0. The molecule has 8 heavy (non-hydrogen) atoms. The van der Waals surface area contributed by atoms with Gasteiger partial charge in [0.05, 0.1) is 0 Å². The third-order valence-corrected chi connectivity index (χ3v) is 0.465. The van der Waals surface area contributed by atoms with Crippen molar-refractivity contribution in [2.75, 3.05) is 20.3 Å². The first-order valence-electron chi connectivity index (χ1n) is 2.10. The Labute approximate surface area is 79.7 Å². The summed E-state index contributed by atoms with van der Waals surface area (Å²) >= 11 is 0. The van der Waals surface area contributed by atoms with Gasteiger partial charge in [-0.05, 0) is 0 Å². The molecule has 50 valence electrons. The summed E-state index contributed by atoms with van der Waals surface area (Å²) in [4.78, 5) is 0. The minimum atomic E-state index is 0. The van der Waals surface area contributed by atoms with Crippen LogP contribution in [0.4, 0.5) is 0 Å². The van der Waals surface area contributed by atoms with E-state index in [2.05, 4.69) is 10.6 Å². The minimum absolute atomic E-state index is 0. The Bertz CT molecular complexity index is 24.0. The first kappa shape index (κ1) is 16.1. The molecular weight excluding hydrogens is 444 g/mol. The fraction of sp³-hybridized carbons (Fsp3) is 1.00. The number of nitrogens with zero attached hydrogens (tertiary/aromatic N) is 2. The minimum Gasteiger partial charge on any atom is -0.683 e. The molecule has 0 aliphatic heterocycles. The summed E-state index contributed by atoms with van der Waals surface area (Å²) in [6.45, 7) is 3.55. The van der Waals surface area contributed by atoms with Crippen LogP contribution in [-0.4, -0.2) is 20.3 Å². The van der Waals surface area contributed by atoms with E-state index in [4.69, 9.17) is 0 Å². The normalized spacial score (nSPS) is 6.75. The Morgan fingerprint density at radius 1 is 1.25 bits per heavy atom. The molecule has 0 atom stereocenters. The molecule has 4 heteroatoms. The molecule has 0 rings (SSSR count). The van der Waals surface area contributed by atoms with E-state index in [9.17, 15) is 0 Å². The van der Waals surface area contributed by atoms with E-state index in [0.29, 0.717) is 6.67 Å². The Hall–Kier alpha value is 1.30. The van der Waals surface area contributed by atoms with Crippen molar-refractivity contribution in [3.05, 3.63) is 10.6 Å². The Balaban J connectivity index is -0.000000125. The van der Waals surface area contributed by atoms with Crippen LogP contribution in [0.5, 0.6) is 0 Å². The molecule has 0 aromatic heterocycles. The molecule has 0 amide bonds. The van der Waals surface area contributed by atoms with Crippen LogP contribution in [0.3, 0.4) is 0 Å². The van der Waals surface area contributed by atoms with Crippen LogP contribution in [0.15, 0.2) is 0 Å². The smallest absolute Gasteiger partial charge is 0 e. The molecule has 0 bridgehead atoms. The van der Waals surface area contributed by atoms with E-state index >= 15 is 0 Å². The molecule has 0 saturated heterocycles. The summed E-state index contributed by atoms with van der Waals surface area (Å²) in [7, 11) is 1.76. The molecule has 0 aromatic rings. The zero-order valence-electron chi connectivity index (χ0n) is 5.13. The van der Waals surface area contributed by atoms with Crippen molar-refractivity contribution in [2.24, 2.45) is 0 Å². The van der Waals surface area contributed by atoms with Gasteiger partial charge in [0.1, 0.15) is 0 Å². The molecule has 2 nitrogen and oxygen atoms in total. The third-order valence-electron chi connectivity index (χ3n) is 0.465. The third kappa shape index (κ3) is 15.7. The second-order valence-electron chi connectivity index (χ2n) is 0.997. The molecule has 0 spiro atoms. The molecule has 0 unspecified atom stereocenters. The molecule has 0 N–H and O–H groups in total. The van der Waals surface area contributed by atoms with Gasteiger partial charge < -0.3 is 10.6 Å². The molecule has 0 aliphatic carbocycles. The molecule has 0 saturated carbocycles. The van der Waals surface area contributed by atoms with E-state index in [1.165, 1.54) is 0 Å². The monoisotopic (exact) mass is 454 g/mol. The average molecular weight is 454 g/mol. The van der Waals surface area contributed by atoms with E-state index in [-0.39, 0.29) is 42.1 Å². The van der Waals surface area contributed by atoms with Gasteiger partial charge in [-0.3, -0.25) is 6.67 Å². The molecule has 0 heterocycles. The molecule has 0 fully saturated rings. The summed E-state index contributed by atoms with van der Waals surface area (Å²) < 4.78 is 0. The van der Waals surface area contributed by atoms with Crippen molar-refractivity contribution in [1.29, 1.82) is 0 Å². The number of rotatable bonds is 3. The standard InChI is InChI=1S/C4H10N2.2W/c1-3-6-4-5-2;;/h3-4H2,1-2H3;;/q-2;;. The van der Waals surface area contributed by atoms with Gasteiger partial charge in [-0.2, -0.15) is 13.6 Å². The Morgan fingerprint density at radius 3 is 1.88 bits per heavy atom. The van der Waals surface area contributed by atoms with Crippen molar-refractivity contribution in [3.63, 3.8) is 0 Å². The first-order chi connectivity index (χ1) is 2.91. The largest absolute Gasteiger partial charge is 0.683 e. The number of hydrogen-bond acceptors (Lipinski definition) is 0. The van der Waals surface area contributed by atoms with Crippen molar-refractivity contribution >= 4 is 0 Å². The van der Waals surface area contributed by atoms with E-state index < -0.39 is 0 Å². The summed E-state index contributed by atoms with van der Waals surface area (Å²) in [5.41, 5.74) is 0. The summed E-state index contributed by atoms with van der Waals surface area (Å²) in [6, 6.07) is 0. The van der Waals surface area contributed by atoms with Crippen LogP contribution in [0.2, 0.25) is 0 Å². The summed E-state index contributed by atoms with van der Waals surface area (Å²) in [5, 5.41) is 7.68. The second kappa shape index (κ2) is 15.7. The van der Waals surface area contributed by atoms with Crippen LogP contribution < -0.4 is 0 Å². The quantitative estimate of drug-likeness (QED) is 0.577. The maximum Gasteiger partial charge on any atom is 0 e. The predicted octanol–water partition coefficient (Wildman–Crippen LogP) is 1.34. The zero-order chi connectivity index (χ0) is 4.83. The van der Waals surface area contributed by atoms with Crippen molar-refractivity contribution < 1.29 is 42.1 Å². The molecule has 0 aliphatic rings. The van der Waals surface area contributed by atoms with Gasteiger partial charge in [-0.1, -0.05) is 6.92 Å². The second-order valence-corrected chi connectivity index (χ2v) is 0.997. The van der Waals surface area contributed by atoms with Gasteiger partial charge in [0.25, 0.3) is 0 Å². The Kier molecular flexibility index (Phi) is 31.8. The van der Waals surface area contributed by atoms with Crippen LogP contribution in [0, 0.1) is 0 Å². The average Bonchev–Trinajstić information content (AvgIpc) is 1.61. The van der Waals surface area contributed by atoms with Gasteiger partial charge in [-0.25, -0.2) is 0 Å². The SMILES string of the molecule is CC[N-]C[N-]C.[W].[W]. The van der Waals surface area contributed by atoms with Gasteiger partial charge in [0, 0.05) is 42.1 Å². The van der Waals surface area contributed by atoms with E-state index in [1.54, 1.807) is 7.05 Å². The van der Waals surface area contributed by atoms with Gasteiger partial charge in [0.15, 0.2) is 0 Å². The maximum absolute atomic E-state index is 3.92. The topological polar surface area (TPSA) is 28.2 Å². The summed E-state index contributed by atoms with van der Waals surface area (Å²) in [6.07, 6.45) is 0. The Morgan fingerprint density at radius 2 is 1.75 bits per heavy atom. The van der Waals surface area contributed by atoms with E-state index in [0.717, 1.165) is 6.54 Å². The van der Waals surface area contributed by atoms with Crippen molar-refractivity contribution in [3.8, 4) is 0 Å². The van der Waals surface area contributed by atoms with Crippen LogP contribution in [0.25, 0.3) is 10.6 Å². The predicted molar refractivity (Wildman–Crippen MR) is 28.0 cm³/mol. The zero-order valence-corrected chi connectivity index (χ0v) is 11.0. The van der Waals surface area contributed by atoms with Crippen LogP contribution in [0.1, 0.15) is 6.92 Å². The molecule has 0 radical (unpaired) electrons. The fourth-order valence-electron chi connectivity index (χ4n) is 0.200. The van der Waals surface area contributed by atoms with E-state index in [1.807, 2.05) is 6.92 Å².